The average Bonchev–Trinajstić information content (AvgIpc) is 3.42. The van der Waals surface area contributed by atoms with Crippen molar-refractivity contribution in [2.45, 2.75) is 11.1 Å². The number of nitrogens with one attached hydrogen (secondary N) is 1. The normalized spacial score (nSPS) is 12.0. The van der Waals surface area contributed by atoms with E-state index < -0.39 is 43.5 Å². The maximum Gasteiger partial charge on any atom is 0.417 e. The molecule has 0 radical (unpaired) electrons. The molecule has 3 aromatic heterocycles. The number of halogens is 5. The van der Waals surface area contributed by atoms with E-state index in [0.717, 1.165) is 35.2 Å². The molecule has 0 amide bonds. The highest BCUT2D eigenvalue weighted by molar-refractivity contribution is 7.92. The van der Waals surface area contributed by atoms with Gasteiger partial charge in [-0.3, -0.25) is 4.72 Å². The fourth-order valence-electron chi connectivity index (χ4n) is 2.90. The van der Waals surface area contributed by atoms with E-state index >= 15 is 0 Å². The molecule has 0 saturated heterocycles. The van der Waals surface area contributed by atoms with E-state index in [9.17, 15) is 31.5 Å². The predicted octanol–water partition coefficient (Wildman–Crippen LogP) is 4.14. The maximum absolute atomic E-state index is 13.2. The predicted molar refractivity (Wildman–Crippen MR) is 114 cm³/mol. The van der Waals surface area contributed by atoms with Crippen molar-refractivity contribution >= 4 is 44.9 Å². The molecule has 0 spiro atoms. The molecule has 0 atom stereocenters. The number of carboxylic acids is 1. The first-order valence-corrected chi connectivity index (χ1v) is 11.3. The fraction of sp³-hybridized carbons (Fsp3) is 0.0556. The number of nitrogens with zero attached hydrogens (tertiary/aromatic N) is 5. The van der Waals surface area contributed by atoms with Crippen molar-refractivity contribution in [3.63, 3.8) is 0 Å². The third kappa shape index (κ3) is 4.78. The van der Waals surface area contributed by atoms with Crippen LogP contribution >= 0.6 is 23.2 Å². The van der Waals surface area contributed by atoms with Gasteiger partial charge >= 0.3 is 12.1 Å². The molecule has 182 valence electrons. The monoisotopic (exact) mass is 548 g/mol. The molecule has 0 aliphatic heterocycles. The van der Waals surface area contributed by atoms with Gasteiger partial charge in [0.15, 0.2) is 11.6 Å². The average molecular weight is 549 g/mol. The third-order valence-electron chi connectivity index (χ3n) is 4.37. The van der Waals surface area contributed by atoms with Gasteiger partial charge < -0.3 is 9.63 Å². The van der Waals surface area contributed by atoms with Crippen LogP contribution in [-0.2, 0) is 16.2 Å². The Bertz CT molecular complexity index is 1540. The molecule has 2 N–H and O–H groups in total. The number of aromatic carboxylic acids is 1. The number of rotatable bonds is 6. The van der Waals surface area contributed by atoms with Crippen LogP contribution in [0.5, 0.6) is 0 Å². The van der Waals surface area contributed by atoms with Crippen LogP contribution in [0.4, 0.5) is 18.9 Å². The van der Waals surface area contributed by atoms with Crippen molar-refractivity contribution < 1.29 is 36.0 Å². The lowest BCUT2D eigenvalue weighted by atomic mass is 10.2. The highest BCUT2D eigenvalue weighted by Crippen LogP contribution is 2.37. The molecule has 0 aliphatic carbocycles. The first-order valence-electron chi connectivity index (χ1n) is 9.03. The summed E-state index contributed by atoms with van der Waals surface area (Å²) in [6.45, 7) is 0. The molecule has 0 saturated carbocycles. The van der Waals surface area contributed by atoms with E-state index in [0.29, 0.717) is 6.07 Å². The molecule has 0 bridgehead atoms. The van der Waals surface area contributed by atoms with Crippen LogP contribution in [0.2, 0.25) is 10.0 Å². The Morgan fingerprint density at radius 1 is 1.14 bits per heavy atom. The number of hydrogen-bond acceptors (Lipinski definition) is 8. The van der Waals surface area contributed by atoms with Gasteiger partial charge in [-0.05, 0) is 24.3 Å². The summed E-state index contributed by atoms with van der Waals surface area (Å²) in [5.74, 6) is -2.45. The summed E-state index contributed by atoms with van der Waals surface area (Å²) < 4.78 is 73.3. The summed E-state index contributed by atoms with van der Waals surface area (Å²) in [6.07, 6.45) is -2.66. The minimum absolute atomic E-state index is 0.0514. The third-order valence-corrected chi connectivity index (χ3v) is 6.27. The van der Waals surface area contributed by atoms with Crippen molar-refractivity contribution in [1.82, 2.24) is 24.9 Å². The van der Waals surface area contributed by atoms with Crippen molar-refractivity contribution in [2.24, 2.45) is 0 Å². The maximum atomic E-state index is 13.2. The van der Waals surface area contributed by atoms with Crippen LogP contribution in [0.15, 0.2) is 52.2 Å². The molecule has 1 aromatic carbocycles. The van der Waals surface area contributed by atoms with Gasteiger partial charge in [0.05, 0.1) is 26.2 Å². The number of carbonyl (C=O) groups is 1. The molecule has 3 heterocycles. The van der Waals surface area contributed by atoms with Crippen LogP contribution in [0.3, 0.4) is 0 Å². The number of carboxylic acid groups (broad SMARTS) is 1. The Balaban J connectivity index is 1.85. The number of anilines is 1. The summed E-state index contributed by atoms with van der Waals surface area (Å²) in [5.41, 5.74) is -1.95. The van der Waals surface area contributed by atoms with E-state index in [1.165, 1.54) is 6.07 Å². The van der Waals surface area contributed by atoms with Crippen LogP contribution in [-0.4, -0.2) is 44.4 Å². The molecular formula is C18H9Cl2F3N6O5S. The van der Waals surface area contributed by atoms with E-state index in [1.807, 2.05) is 0 Å². The summed E-state index contributed by atoms with van der Waals surface area (Å²) >= 11 is 11.5. The first kappa shape index (κ1) is 24.4. The molecule has 35 heavy (non-hydrogen) atoms. The van der Waals surface area contributed by atoms with Crippen LogP contribution in [0, 0.1) is 0 Å². The van der Waals surface area contributed by atoms with Gasteiger partial charge in [-0.25, -0.2) is 22.8 Å². The molecular weight excluding hydrogens is 540 g/mol. The second-order valence-electron chi connectivity index (χ2n) is 6.64. The molecule has 4 rings (SSSR count). The quantitative estimate of drug-likeness (QED) is 0.361. The number of aromatic nitrogens is 5. The molecule has 0 aliphatic rings. The largest absolute Gasteiger partial charge is 0.475 e. The molecule has 0 unspecified atom stereocenters. The second-order valence-corrected chi connectivity index (χ2v) is 9.17. The van der Waals surface area contributed by atoms with Gasteiger partial charge in [0, 0.05) is 12.3 Å². The topological polar surface area (TPSA) is 153 Å². The lowest BCUT2D eigenvalue weighted by Crippen LogP contribution is -2.16. The van der Waals surface area contributed by atoms with E-state index in [-0.39, 0.29) is 28.0 Å². The number of sulfonamides is 1. The molecule has 17 heteroatoms. The zero-order chi connectivity index (χ0) is 25.5. The van der Waals surface area contributed by atoms with E-state index in [1.54, 1.807) is 0 Å². The highest BCUT2D eigenvalue weighted by Gasteiger charge is 2.35. The Morgan fingerprint density at radius 3 is 2.51 bits per heavy atom. The lowest BCUT2D eigenvalue weighted by molar-refractivity contribution is -0.137. The SMILES string of the molecule is O=C(O)c1nnc(-c2ncc(Cl)cc2NS(=O)(=O)c2ccc(Cl)c(C(F)(F)F)c2)n1-c1ccon1. The van der Waals surface area contributed by atoms with E-state index in [4.69, 9.17) is 27.7 Å². The van der Waals surface area contributed by atoms with E-state index in [2.05, 4.69) is 25.1 Å². The van der Waals surface area contributed by atoms with Crippen LogP contribution < -0.4 is 4.72 Å². The summed E-state index contributed by atoms with van der Waals surface area (Å²) in [4.78, 5) is 14.9. The Morgan fingerprint density at radius 2 is 1.89 bits per heavy atom. The van der Waals surface area contributed by atoms with Gasteiger partial charge in [0.1, 0.15) is 12.0 Å². The smallest absolute Gasteiger partial charge is 0.417 e. The molecule has 0 fully saturated rings. The lowest BCUT2D eigenvalue weighted by Gasteiger charge is -2.14. The zero-order valence-electron chi connectivity index (χ0n) is 16.7. The zero-order valence-corrected chi connectivity index (χ0v) is 19.0. The minimum Gasteiger partial charge on any atom is -0.475 e. The number of hydrogen-bond donors (Lipinski definition) is 2. The van der Waals surface area contributed by atoms with Gasteiger partial charge in [0.25, 0.3) is 10.0 Å². The van der Waals surface area contributed by atoms with Crippen molar-refractivity contribution in [3.05, 3.63) is 64.2 Å². The molecule has 11 nitrogen and oxygen atoms in total. The Labute approximate surface area is 203 Å². The minimum atomic E-state index is -4.91. The van der Waals surface area contributed by atoms with Crippen molar-refractivity contribution in [3.8, 4) is 17.3 Å². The van der Waals surface area contributed by atoms with Gasteiger partial charge in [-0.15, -0.1) is 10.2 Å². The second kappa shape index (κ2) is 8.83. The standard InChI is InChI=1S/C18H9Cl2F3N6O5S/c19-8-5-12(28-35(32,33)9-1-2-11(20)10(6-9)18(21,22)23)14(24-7-8)15-25-26-16(17(30)31)29(15)13-3-4-34-27-13/h1-7,28H,(H,30,31). The summed E-state index contributed by atoms with van der Waals surface area (Å²) in [5, 5.41) is 19.7. The first-order chi connectivity index (χ1) is 16.4. The summed E-state index contributed by atoms with van der Waals surface area (Å²) in [7, 11) is -4.65. The van der Waals surface area contributed by atoms with Gasteiger partial charge in [0.2, 0.25) is 5.82 Å². The van der Waals surface area contributed by atoms with Crippen LogP contribution in [0.1, 0.15) is 16.2 Å². The van der Waals surface area contributed by atoms with Crippen molar-refractivity contribution in [1.29, 1.82) is 0 Å². The fourth-order valence-corrected chi connectivity index (χ4v) is 4.37. The summed E-state index contributed by atoms with van der Waals surface area (Å²) in [6, 6.07) is 4.41. The Hall–Kier alpha value is -3.69. The van der Waals surface area contributed by atoms with Crippen LogP contribution in [0.25, 0.3) is 17.3 Å². The number of pyridine rings is 1. The number of benzene rings is 1. The van der Waals surface area contributed by atoms with Gasteiger partial charge in [-0.1, -0.05) is 28.4 Å². The van der Waals surface area contributed by atoms with Crippen molar-refractivity contribution in [2.75, 3.05) is 4.72 Å². The number of alkyl halides is 3. The van der Waals surface area contributed by atoms with Gasteiger partial charge in [-0.2, -0.15) is 13.2 Å². The highest BCUT2D eigenvalue weighted by atomic mass is 35.5. The molecule has 4 aromatic rings. The Kier molecular flexibility index (Phi) is 6.16.